The Morgan fingerprint density at radius 3 is 2.72 bits per heavy atom. The highest BCUT2D eigenvalue weighted by atomic mass is 16.2. The monoisotopic (exact) mass is 341 g/mol. The molecule has 1 saturated heterocycles. The van der Waals surface area contributed by atoms with Crippen molar-refractivity contribution in [2.75, 3.05) is 44.7 Å². The third-order valence-electron chi connectivity index (χ3n) is 5.05. The number of hydrogen-bond donors (Lipinski definition) is 1. The fourth-order valence-electron chi connectivity index (χ4n) is 3.38. The molecule has 2 aliphatic heterocycles. The third kappa shape index (κ3) is 3.09. The van der Waals surface area contributed by atoms with Gasteiger partial charge in [0.05, 0.1) is 35.5 Å². The summed E-state index contributed by atoms with van der Waals surface area (Å²) in [6, 6.07) is 0. The van der Waals surface area contributed by atoms with Crippen molar-refractivity contribution in [3.05, 3.63) is 35.2 Å². The summed E-state index contributed by atoms with van der Waals surface area (Å²) in [6.45, 7) is 6.97. The summed E-state index contributed by atoms with van der Waals surface area (Å²) in [6.07, 6.45) is 4.16. The number of imidazole rings is 1. The Hall–Kier alpha value is -2.48. The molecule has 1 N–H and O–H groups in total. The van der Waals surface area contributed by atoms with E-state index in [-0.39, 0.29) is 5.91 Å². The molecule has 8 heteroatoms. The van der Waals surface area contributed by atoms with E-state index in [4.69, 9.17) is 0 Å². The van der Waals surface area contributed by atoms with E-state index >= 15 is 0 Å². The van der Waals surface area contributed by atoms with Gasteiger partial charge in [0.2, 0.25) is 5.95 Å². The van der Waals surface area contributed by atoms with Crippen LogP contribution in [0.5, 0.6) is 0 Å². The summed E-state index contributed by atoms with van der Waals surface area (Å²) in [4.78, 5) is 35.6. The second-order valence-electron chi connectivity index (χ2n) is 6.76. The Balaban J connectivity index is 1.50. The molecule has 4 heterocycles. The number of piperazine rings is 1. The second kappa shape index (κ2) is 6.44. The van der Waals surface area contributed by atoms with E-state index in [1.54, 1.807) is 12.5 Å². The van der Waals surface area contributed by atoms with Gasteiger partial charge < -0.3 is 19.7 Å². The molecule has 132 valence electrons. The van der Waals surface area contributed by atoms with Crippen LogP contribution in [-0.4, -0.2) is 75.4 Å². The first-order valence-corrected chi connectivity index (χ1v) is 8.69. The maximum atomic E-state index is 12.9. The van der Waals surface area contributed by atoms with Gasteiger partial charge in [0, 0.05) is 45.3 Å². The number of fused-ring (bicyclic) bond motifs is 1. The van der Waals surface area contributed by atoms with Crippen molar-refractivity contribution >= 4 is 11.9 Å². The quantitative estimate of drug-likeness (QED) is 0.855. The van der Waals surface area contributed by atoms with Crippen LogP contribution in [-0.2, 0) is 13.0 Å². The Morgan fingerprint density at radius 2 is 1.96 bits per heavy atom. The average molecular weight is 341 g/mol. The van der Waals surface area contributed by atoms with Crippen molar-refractivity contribution in [2.24, 2.45) is 0 Å². The number of amides is 1. The van der Waals surface area contributed by atoms with Crippen molar-refractivity contribution < 1.29 is 4.79 Å². The number of rotatable bonds is 2. The first-order chi connectivity index (χ1) is 12.1. The largest absolute Gasteiger partial charge is 0.347 e. The van der Waals surface area contributed by atoms with Crippen LogP contribution in [0, 0.1) is 6.92 Å². The van der Waals surface area contributed by atoms with Crippen molar-refractivity contribution in [1.82, 2.24) is 29.7 Å². The minimum atomic E-state index is -0.0114. The Kier molecular flexibility index (Phi) is 4.12. The van der Waals surface area contributed by atoms with Gasteiger partial charge in [-0.25, -0.2) is 15.0 Å². The molecule has 2 aliphatic rings. The molecule has 4 rings (SSSR count). The van der Waals surface area contributed by atoms with Gasteiger partial charge in [0.15, 0.2) is 0 Å². The number of nitrogens with zero attached hydrogens (tertiary/aromatic N) is 6. The molecule has 0 aromatic carbocycles. The van der Waals surface area contributed by atoms with E-state index in [9.17, 15) is 4.79 Å². The van der Waals surface area contributed by atoms with Gasteiger partial charge in [-0.1, -0.05) is 0 Å². The van der Waals surface area contributed by atoms with Crippen LogP contribution in [0.3, 0.4) is 0 Å². The number of aromatic amines is 1. The maximum Gasteiger partial charge on any atom is 0.257 e. The molecule has 8 nitrogen and oxygen atoms in total. The minimum Gasteiger partial charge on any atom is -0.347 e. The second-order valence-corrected chi connectivity index (χ2v) is 6.76. The lowest BCUT2D eigenvalue weighted by molar-refractivity contribution is 0.0730. The fraction of sp³-hybridized carbons (Fsp3) is 0.529. The molecule has 0 unspecified atom stereocenters. The number of likely N-dealkylation sites (N-methyl/N-ethyl adjacent to an activating group) is 1. The van der Waals surface area contributed by atoms with Gasteiger partial charge in [0.25, 0.3) is 5.91 Å². The van der Waals surface area contributed by atoms with Crippen molar-refractivity contribution in [2.45, 2.75) is 19.9 Å². The van der Waals surface area contributed by atoms with Gasteiger partial charge in [-0.15, -0.1) is 0 Å². The van der Waals surface area contributed by atoms with Crippen molar-refractivity contribution in [3.63, 3.8) is 0 Å². The molecule has 0 atom stereocenters. The molecular formula is C17H23N7O. The number of carbonyl (C=O) groups is 1. The number of anilines is 1. The molecule has 1 amide bonds. The van der Waals surface area contributed by atoms with Gasteiger partial charge in [-0.2, -0.15) is 0 Å². The lowest BCUT2D eigenvalue weighted by Gasteiger charge is -2.32. The smallest absolute Gasteiger partial charge is 0.257 e. The standard InChI is InChI=1S/C17H23N7O/c1-12-13(9-18-17(21-12)23-7-5-22(2)6-8-23)16(25)24-4-3-14-15(10-24)20-11-19-14/h9,11H,3-8,10H2,1-2H3,(H,19,20). The number of H-pyrrole nitrogens is 1. The van der Waals surface area contributed by atoms with Gasteiger partial charge in [-0.05, 0) is 14.0 Å². The van der Waals surface area contributed by atoms with Crippen LogP contribution < -0.4 is 4.90 Å². The Bertz CT molecular complexity index is 779. The van der Waals surface area contributed by atoms with E-state index in [1.807, 2.05) is 11.8 Å². The number of hydrogen-bond acceptors (Lipinski definition) is 6. The average Bonchev–Trinajstić information content (AvgIpc) is 3.09. The van der Waals surface area contributed by atoms with Gasteiger partial charge >= 0.3 is 0 Å². The number of aryl methyl sites for hydroxylation is 1. The zero-order chi connectivity index (χ0) is 17.4. The molecule has 2 aromatic rings. The fourth-order valence-corrected chi connectivity index (χ4v) is 3.38. The van der Waals surface area contributed by atoms with E-state index < -0.39 is 0 Å². The van der Waals surface area contributed by atoms with Gasteiger partial charge in [-0.3, -0.25) is 4.79 Å². The highest BCUT2D eigenvalue weighted by Crippen LogP contribution is 2.19. The molecule has 0 radical (unpaired) electrons. The van der Waals surface area contributed by atoms with Crippen LogP contribution in [0.15, 0.2) is 12.5 Å². The van der Waals surface area contributed by atoms with E-state index in [2.05, 4.69) is 36.8 Å². The molecule has 0 saturated carbocycles. The first-order valence-electron chi connectivity index (χ1n) is 8.69. The summed E-state index contributed by atoms with van der Waals surface area (Å²) < 4.78 is 0. The topological polar surface area (TPSA) is 81.2 Å². The molecule has 0 spiro atoms. The highest BCUT2D eigenvalue weighted by Gasteiger charge is 2.25. The van der Waals surface area contributed by atoms with Gasteiger partial charge in [0.1, 0.15) is 0 Å². The van der Waals surface area contributed by atoms with E-state index in [0.717, 1.165) is 55.6 Å². The van der Waals surface area contributed by atoms with E-state index in [1.165, 1.54) is 0 Å². The summed E-state index contributed by atoms with van der Waals surface area (Å²) in [7, 11) is 2.12. The van der Waals surface area contributed by atoms with Crippen molar-refractivity contribution in [3.8, 4) is 0 Å². The lowest BCUT2D eigenvalue weighted by atomic mass is 10.1. The van der Waals surface area contributed by atoms with Crippen molar-refractivity contribution in [1.29, 1.82) is 0 Å². The number of aromatic nitrogens is 4. The summed E-state index contributed by atoms with van der Waals surface area (Å²) >= 11 is 0. The maximum absolute atomic E-state index is 12.9. The molecule has 0 aliphatic carbocycles. The third-order valence-corrected chi connectivity index (χ3v) is 5.05. The minimum absolute atomic E-state index is 0.0114. The molecule has 0 bridgehead atoms. The normalized spacial score (nSPS) is 18.3. The lowest BCUT2D eigenvalue weighted by Crippen LogP contribution is -2.45. The predicted molar refractivity (Wildman–Crippen MR) is 93.5 cm³/mol. The molecule has 25 heavy (non-hydrogen) atoms. The zero-order valence-corrected chi connectivity index (χ0v) is 14.7. The summed E-state index contributed by atoms with van der Waals surface area (Å²) in [5.74, 6) is 0.708. The van der Waals surface area contributed by atoms with Crippen LogP contribution in [0.25, 0.3) is 0 Å². The van der Waals surface area contributed by atoms with Crippen LogP contribution in [0.2, 0.25) is 0 Å². The SMILES string of the molecule is Cc1nc(N2CCN(C)CC2)ncc1C(=O)N1CCc2nc[nH]c2C1. The summed E-state index contributed by atoms with van der Waals surface area (Å²) in [5, 5.41) is 0. The zero-order valence-electron chi connectivity index (χ0n) is 14.7. The first kappa shape index (κ1) is 16.0. The van der Waals surface area contributed by atoms with E-state index in [0.29, 0.717) is 18.7 Å². The Morgan fingerprint density at radius 1 is 1.16 bits per heavy atom. The number of carbonyl (C=O) groups excluding carboxylic acids is 1. The highest BCUT2D eigenvalue weighted by molar-refractivity contribution is 5.95. The predicted octanol–water partition coefficient (Wildman–Crippen LogP) is 0.458. The molecular weight excluding hydrogens is 318 g/mol. The summed E-state index contributed by atoms with van der Waals surface area (Å²) in [5.41, 5.74) is 3.40. The van der Waals surface area contributed by atoms with Crippen LogP contribution >= 0.6 is 0 Å². The number of nitrogens with one attached hydrogen (secondary N) is 1. The Labute approximate surface area is 146 Å². The van der Waals surface area contributed by atoms with Crippen LogP contribution in [0.1, 0.15) is 27.4 Å². The molecule has 2 aromatic heterocycles. The van der Waals surface area contributed by atoms with Crippen LogP contribution in [0.4, 0.5) is 5.95 Å². The molecule has 1 fully saturated rings.